The number of hydrogen-bond donors (Lipinski definition) is 1. The van der Waals surface area contributed by atoms with Gasteiger partial charge in [0.15, 0.2) is 0 Å². The highest BCUT2D eigenvalue weighted by Gasteiger charge is 2.38. The van der Waals surface area contributed by atoms with Gasteiger partial charge in [-0.3, -0.25) is 24.1 Å². The maximum Gasteiger partial charge on any atom is 0.294 e. The Hall–Kier alpha value is -4.12. The Bertz CT molecular complexity index is 1430. The number of benzene rings is 2. The zero-order chi connectivity index (χ0) is 28.3. The van der Waals surface area contributed by atoms with E-state index in [0.29, 0.717) is 5.56 Å². The molecule has 1 aromatic heterocycles. The lowest BCUT2D eigenvalue weighted by atomic mass is 9.84. The van der Waals surface area contributed by atoms with Gasteiger partial charge in [-0.2, -0.15) is 0 Å². The third kappa shape index (κ3) is 6.14. The lowest BCUT2D eigenvalue weighted by Crippen LogP contribution is -2.48. The van der Waals surface area contributed by atoms with Crippen molar-refractivity contribution in [2.24, 2.45) is 5.92 Å². The first-order chi connectivity index (χ1) is 18.5. The Morgan fingerprint density at radius 1 is 1.08 bits per heavy atom. The number of carbonyl (C=O) groups excluding carboxylic acids is 4. The molecule has 2 aromatic carbocycles. The normalized spacial score (nSPS) is 15.7. The molecule has 3 aromatic rings. The fraction of sp³-hybridized carbons (Fsp3) is 0.286. The van der Waals surface area contributed by atoms with Crippen LogP contribution in [0.1, 0.15) is 55.4 Å². The van der Waals surface area contributed by atoms with Gasteiger partial charge in [0.25, 0.3) is 17.0 Å². The number of halogens is 1. The number of ketones is 1. The first kappa shape index (κ1) is 27.9. The van der Waals surface area contributed by atoms with E-state index < -0.39 is 40.8 Å². The number of amides is 3. The van der Waals surface area contributed by atoms with Crippen LogP contribution in [0.4, 0.5) is 9.18 Å². The van der Waals surface area contributed by atoms with E-state index in [1.807, 2.05) is 18.2 Å². The predicted octanol–water partition coefficient (Wildman–Crippen LogP) is 4.59. The quantitative estimate of drug-likeness (QED) is 0.303. The zero-order valence-corrected chi connectivity index (χ0v) is 22.6. The van der Waals surface area contributed by atoms with Crippen molar-refractivity contribution in [3.8, 4) is 0 Å². The predicted molar refractivity (Wildman–Crippen MR) is 143 cm³/mol. The van der Waals surface area contributed by atoms with E-state index in [2.05, 4.69) is 15.5 Å². The average Bonchev–Trinajstić information content (AvgIpc) is 3.50. The van der Waals surface area contributed by atoms with Gasteiger partial charge >= 0.3 is 0 Å². The number of hydrogen-bond acceptors (Lipinski definition) is 8. The molecule has 1 fully saturated rings. The third-order valence-electron chi connectivity index (χ3n) is 6.27. The van der Waals surface area contributed by atoms with Crippen molar-refractivity contribution in [2.45, 2.75) is 39.2 Å². The van der Waals surface area contributed by atoms with E-state index in [1.54, 1.807) is 58.0 Å². The Morgan fingerprint density at radius 2 is 1.74 bits per heavy atom. The third-order valence-corrected chi connectivity index (χ3v) is 7.18. The van der Waals surface area contributed by atoms with Crippen molar-refractivity contribution in [1.29, 1.82) is 0 Å². The molecule has 1 N–H and O–H groups in total. The molecule has 0 unspecified atom stereocenters. The van der Waals surface area contributed by atoms with Gasteiger partial charge in [0.2, 0.25) is 17.6 Å². The number of aromatic nitrogens is 2. The van der Waals surface area contributed by atoms with Crippen LogP contribution < -0.4 is 5.32 Å². The van der Waals surface area contributed by atoms with Crippen molar-refractivity contribution >= 4 is 40.7 Å². The van der Waals surface area contributed by atoms with E-state index in [0.717, 1.165) is 22.2 Å². The molecule has 0 bridgehead atoms. The Balaban J connectivity index is 1.45. The Labute approximate surface area is 228 Å². The molecule has 9 nitrogen and oxygen atoms in total. The highest BCUT2D eigenvalue weighted by molar-refractivity contribution is 8.18. The van der Waals surface area contributed by atoms with Gasteiger partial charge in [-0.25, -0.2) is 4.39 Å². The summed E-state index contributed by atoms with van der Waals surface area (Å²) in [6, 6.07) is 13.8. The first-order valence-corrected chi connectivity index (χ1v) is 13.0. The van der Waals surface area contributed by atoms with E-state index in [4.69, 9.17) is 4.42 Å². The number of rotatable bonds is 9. The number of imide groups is 1. The molecule has 0 radical (unpaired) electrons. The minimum Gasteiger partial charge on any atom is -0.417 e. The van der Waals surface area contributed by atoms with E-state index in [-0.39, 0.29) is 28.4 Å². The van der Waals surface area contributed by atoms with Crippen molar-refractivity contribution in [2.75, 3.05) is 6.54 Å². The molecular weight excluding hydrogens is 523 g/mol. The van der Waals surface area contributed by atoms with E-state index in [9.17, 15) is 23.6 Å². The van der Waals surface area contributed by atoms with Crippen molar-refractivity contribution in [3.63, 3.8) is 0 Å². The highest BCUT2D eigenvalue weighted by Crippen LogP contribution is 2.32. The molecule has 202 valence electrons. The summed E-state index contributed by atoms with van der Waals surface area (Å²) in [6.45, 7) is 6.51. The van der Waals surface area contributed by atoms with Gasteiger partial charge in [-0.1, -0.05) is 56.3 Å². The van der Waals surface area contributed by atoms with Crippen LogP contribution in [0.15, 0.2) is 63.9 Å². The minimum atomic E-state index is -1.04. The number of nitrogens with zero attached hydrogens (tertiary/aromatic N) is 3. The smallest absolute Gasteiger partial charge is 0.294 e. The lowest BCUT2D eigenvalue weighted by Gasteiger charge is -2.22. The highest BCUT2D eigenvalue weighted by atomic mass is 32.2. The summed E-state index contributed by atoms with van der Waals surface area (Å²) < 4.78 is 19.1. The monoisotopic (exact) mass is 550 g/mol. The van der Waals surface area contributed by atoms with Crippen molar-refractivity contribution < 1.29 is 28.0 Å². The lowest BCUT2D eigenvalue weighted by molar-refractivity contribution is -0.129. The first-order valence-electron chi connectivity index (χ1n) is 12.2. The zero-order valence-electron chi connectivity index (χ0n) is 21.8. The summed E-state index contributed by atoms with van der Waals surface area (Å²) >= 11 is 0.748. The maximum atomic E-state index is 13.4. The molecule has 0 spiro atoms. The molecule has 1 saturated heterocycles. The Kier molecular flexibility index (Phi) is 8.10. The van der Waals surface area contributed by atoms with Gasteiger partial charge in [-0.15, -0.1) is 10.2 Å². The molecular formula is C28H27FN4O5S. The molecule has 4 rings (SSSR count). The van der Waals surface area contributed by atoms with E-state index in [1.165, 1.54) is 12.1 Å². The fourth-order valence-electron chi connectivity index (χ4n) is 3.93. The topological polar surface area (TPSA) is 122 Å². The standard InChI is InChI=1S/C28H27FN4O5S/c1-16(2)22(23(35)24-31-32-26(38-24)28(3,4)18-10-12-19(29)13-11-18)30-21(34)15-33-25(36)20(39-27(33)37)14-17-8-6-5-7-9-17/h5-14,16,22H,15H2,1-4H3,(H,30,34)/t22-/m0/s1. The molecule has 0 aliphatic carbocycles. The summed E-state index contributed by atoms with van der Waals surface area (Å²) in [5.41, 5.74) is 0.646. The van der Waals surface area contributed by atoms with Crippen molar-refractivity contribution in [1.82, 2.24) is 20.4 Å². The van der Waals surface area contributed by atoms with Crippen LogP contribution >= 0.6 is 11.8 Å². The fourth-order valence-corrected chi connectivity index (χ4v) is 4.77. The van der Waals surface area contributed by atoms with Crippen LogP contribution in [0, 0.1) is 11.7 Å². The molecule has 39 heavy (non-hydrogen) atoms. The molecule has 1 aliphatic heterocycles. The molecule has 2 heterocycles. The molecule has 3 amide bonds. The SMILES string of the molecule is CC(C)[C@H](NC(=O)CN1C(=O)SC(=Cc2ccccc2)C1=O)C(=O)c1nnc(C(C)(C)c2ccc(F)cc2)o1. The summed E-state index contributed by atoms with van der Waals surface area (Å²) in [5.74, 6) is -2.77. The van der Waals surface area contributed by atoms with Gasteiger partial charge in [0.1, 0.15) is 12.4 Å². The van der Waals surface area contributed by atoms with Crippen LogP contribution in [0.5, 0.6) is 0 Å². The second kappa shape index (κ2) is 11.3. The molecule has 1 atom stereocenters. The molecule has 1 aliphatic rings. The summed E-state index contributed by atoms with van der Waals surface area (Å²) in [4.78, 5) is 52.4. The van der Waals surface area contributed by atoms with Crippen LogP contribution in [0.3, 0.4) is 0 Å². The van der Waals surface area contributed by atoms with E-state index >= 15 is 0 Å². The summed E-state index contributed by atoms with van der Waals surface area (Å²) in [6.07, 6.45) is 1.59. The maximum absolute atomic E-state index is 13.4. The molecule has 0 saturated carbocycles. The Morgan fingerprint density at radius 3 is 2.38 bits per heavy atom. The summed E-state index contributed by atoms with van der Waals surface area (Å²) in [5, 5.41) is 9.94. The van der Waals surface area contributed by atoms with Gasteiger partial charge in [0.05, 0.1) is 16.4 Å². The van der Waals surface area contributed by atoms with Crippen LogP contribution in [-0.4, -0.2) is 50.5 Å². The van der Waals surface area contributed by atoms with Crippen LogP contribution in [-0.2, 0) is 15.0 Å². The number of nitrogens with one attached hydrogen (secondary N) is 1. The van der Waals surface area contributed by atoms with Crippen LogP contribution in [0.25, 0.3) is 6.08 Å². The van der Waals surface area contributed by atoms with Gasteiger partial charge < -0.3 is 9.73 Å². The second-order valence-electron chi connectivity index (χ2n) is 9.88. The largest absolute Gasteiger partial charge is 0.417 e. The number of carbonyl (C=O) groups is 4. The molecule has 11 heteroatoms. The second-order valence-corrected chi connectivity index (χ2v) is 10.9. The van der Waals surface area contributed by atoms with Crippen molar-refractivity contribution in [3.05, 3.63) is 88.2 Å². The number of Topliss-reactive ketones (excluding diaryl/α,β-unsaturated/α-hetero) is 1. The van der Waals surface area contributed by atoms with Crippen LogP contribution in [0.2, 0.25) is 0 Å². The van der Waals surface area contributed by atoms with Gasteiger partial charge in [-0.05, 0) is 60.9 Å². The summed E-state index contributed by atoms with van der Waals surface area (Å²) in [7, 11) is 0. The van der Waals surface area contributed by atoms with Gasteiger partial charge in [0, 0.05) is 0 Å². The number of thioether (sulfide) groups is 1. The minimum absolute atomic E-state index is 0.148. The average molecular weight is 551 g/mol.